The summed E-state index contributed by atoms with van der Waals surface area (Å²) in [5.74, 6) is 0. The van der Waals surface area contributed by atoms with Gasteiger partial charge in [-0.3, -0.25) is 0 Å². The Bertz CT molecular complexity index is 576. The van der Waals surface area contributed by atoms with Gasteiger partial charge in [-0.15, -0.1) is 71.9 Å². The summed E-state index contributed by atoms with van der Waals surface area (Å²) in [6.45, 7) is 2.41. The van der Waals surface area contributed by atoms with E-state index < -0.39 is 7.26 Å². The van der Waals surface area contributed by atoms with Crippen molar-refractivity contribution in [3.8, 4) is 0 Å². The smallest absolute Gasteiger partial charge is 0.107 e. The Morgan fingerprint density at radius 1 is 0.435 bits per heavy atom. The van der Waals surface area contributed by atoms with Crippen molar-refractivity contribution in [2.24, 2.45) is 0 Å². The van der Waals surface area contributed by atoms with Crippen LogP contribution in [0.3, 0.4) is 0 Å². The molecule has 0 aliphatic carbocycles. The lowest BCUT2D eigenvalue weighted by Gasteiger charge is -2.22. The van der Waals surface area contributed by atoms with Crippen molar-refractivity contribution < 1.29 is 0 Å². The molecule has 0 spiro atoms. The van der Waals surface area contributed by atoms with E-state index in [0.717, 1.165) is 0 Å². The molecule has 0 unspecified atom stereocenters. The highest BCUT2D eigenvalue weighted by atomic mass is 127. The molecule has 23 heavy (non-hydrogen) atoms. The van der Waals surface area contributed by atoms with E-state index in [0.29, 0.717) is 0 Å². The maximum Gasteiger partial charge on any atom is 0.109 e. The maximum atomic E-state index is 2.41. The fraction of sp³-hybridized carbons (Fsp3) is 0.0526. The quantitative estimate of drug-likeness (QED) is 0.259. The van der Waals surface area contributed by atoms with Gasteiger partial charge in [0.05, 0.1) is 6.66 Å². The van der Waals surface area contributed by atoms with Crippen molar-refractivity contribution in [2.75, 3.05) is 6.66 Å². The van der Waals surface area contributed by atoms with E-state index in [-0.39, 0.29) is 71.9 Å². The van der Waals surface area contributed by atoms with Gasteiger partial charge in [0.1, 0.15) is 23.2 Å². The molecule has 0 aliphatic rings. The molecular weight excluding hydrogens is 640 g/mol. The molecule has 0 amide bonds. The summed E-state index contributed by atoms with van der Waals surface area (Å²) in [6.07, 6.45) is 0. The van der Waals surface area contributed by atoms with E-state index in [1.165, 1.54) is 15.9 Å². The zero-order valence-electron chi connectivity index (χ0n) is 12.8. The Balaban J connectivity index is 0.00000161. The standard InChI is InChI=1S/C19H18P.3HI/c1-20(17-11-5-2-6-12-17,18-13-7-3-8-14-18)19-15-9-4-10-16-19;;;/h2-16H,1H3;3*1H/q+1;;;. The third kappa shape index (κ3) is 5.13. The van der Waals surface area contributed by atoms with Crippen LogP contribution < -0.4 is 15.9 Å². The number of hydrogen-bond donors (Lipinski definition) is 0. The lowest BCUT2D eigenvalue weighted by Crippen LogP contribution is -2.30. The Morgan fingerprint density at radius 3 is 0.870 bits per heavy atom. The minimum Gasteiger partial charge on any atom is -0.107 e. The van der Waals surface area contributed by atoms with Gasteiger partial charge in [0, 0.05) is 0 Å². The largest absolute Gasteiger partial charge is 0.109 e. The van der Waals surface area contributed by atoms with Crippen LogP contribution >= 0.6 is 79.2 Å². The molecule has 4 heteroatoms. The first-order chi connectivity index (χ1) is 9.82. The van der Waals surface area contributed by atoms with Gasteiger partial charge in [-0.25, -0.2) is 0 Å². The van der Waals surface area contributed by atoms with Gasteiger partial charge in [0.15, 0.2) is 0 Å². The third-order valence-corrected chi connectivity index (χ3v) is 7.81. The zero-order valence-corrected chi connectivity index (χ0v) is 20.7. The summed E-state index contributed by atoms with van der Waals surface area (Å²) >= 11 is 0. The van der Waals surface area contributed by atoms with E-state index in [2.05, 4.69) is 97.7 Å². The van der Waals surface area contributed by atoms with Crippen molar-refractivity contribution in [3.05, 3.63) is 91.0 Å². The molecule has 3 aromatic carbocycles. The zero-order chi connectivity index (χ0) is 13.8. The van der Waals surface area contributed by atoms with Crippen LogP contribution in [0, 0.1) is 0 Å². The van der Waals surface area contributed by atoms with Gasteiger partial charge in [0.2, 0.25) is 0 Å². The normalized spacial score (nSPS) is 9.78. The van der Waals surface area contributed by atoms with Crippen LogP contribution in [0.5, 0.6) is 0 Å². The summed E-state index contributed by atoms with van der Waals surface area (Å²) in [6, 6.07) is 32.6. The lowest BCUT2D eigenvalue weighted by atomic mass is 10.4. The van der Waals surface area contributed by atoms with Gasteiger partial charge in [-0.05, 0) is 36.4 Å². The lowest BCUT2D eigenvalue weighted by molar-refractivity contribution is 1.72. The topological polar surface area (TPSA) is 0 Å². The van der Waals surface area contributed by atoms with E-state index >= 15 is 0 Å². The number of hydrogen-bond acceptors (Lipinski definition) is 0. The Hall–Kier alpha value is 0.280. The van der Waals surface area contributed by atoms with Crippen molar-refractivity contribution >= 4 is 95.1 Å². The van der Waals surface area contributed by atoms with E-state index in [4.69, 9.17) is 0 Å². The first-order valence-corrected chi connectivity index (χ1v) is 9.09. The Labute approximate surface area is 190 Å². The molecule has 3 aromatic rings. The van der Waals surface area contributed by atoms with Crippen molar-refractivity contribution in [1.82, 2.24) is 0 Å². The first-order valence-electron chi connectivity index (χ1n) is 6.85. The van der Waals surface area contributed by atoms with Gasteiger partial charge in [0.25, 0.3) is 0 Å². The second-order valence-corrected chi connectivity index (χ2v) is 8.57. The molecule has 0 saturated heterocycles. The molecule has 0 N–H and O–H groups in total. The molecular formula is C19H21I3P+. The van der Waals surface area contributed by atoms with Gasteiger partial charge in [-0.2, -0.15) is 0 Å². The molecule has 0 radical (unpaired) electrons. The van der Waals surface area contributed by atoms with Crippen LogP contribution in [0.4, 0.5) is 0 Å². The van der Waals surface area contributed by atoms with Crippen LogP contribution in [0.1, 0.15) is 0 Å². The average Bonchev–Trinajstić information content (AvgIpc) is 2.56. The van der Waals surface area contributed by atoms with Crippen LogP contribution in [-0.4, -0.2) is 6.66 Å². The highest BCUT2D eigenvalue weighted by Crippen LogP contribution is 2.51. The highest BCUT2D eigenvalue weighted by molar-refractivity contribution is 14.0. The molecule has 122 valence electrons. The third-order valence-electron chi connectivity index (χ3n) is 3.82. The predicted octanol–water partition coefficient (Wildman–Crippen LogP) is 5.46. The van der Waals surface area contributed by atoms with Crippen molar-refractivity contribution in [2.45, 2.75) is 0 Å². The van der Waals surface area contributed by atoms with Crippen LogP contribution in [0.25, 0.3) is 0 Å². The molecule has 0 atom stereocenters. The monoisotopic (exact) mass is 661 g/mol. The van der Waals surface area contributed by atoms with Crippen molar-refractivity contribution in [1.29, 1.82) is 0 Å². The van der Waals surface area contributed by atoms with Crippen LogP contribution in [0.2, 0.25) is 0 Å². The fourth-order valence-corrected chi connectivity index (χ4v) is 5.83. The molecule has 0 fully saturated rings. The van der Waals surface area contributed by atoms with Crippen LogP contribution in [0.15, 0.2) is 91.0 Å². The Morgan fingerprint density at radius 2 is 0.652 bits per heavy atom. The van der Waals surface area contributed by atoms with E-state index in [1.807, 2.05) is 0 Å². The fourth-order valence-electron chi connectivity index (χ4n) is 2.63. The van der Waals surface area contributed by atoms with Gasteiger partial charge >= 0.3 is 0 Å². The summed E-state index contributed by atoms with van der Waals surface area (Å²) in [5, 5.41) is 4.28. The van der Waals surface area contributed by atoms with E-state index in [1.54, 1.807) is 0 Å². The minimum atomic E-state index is -1.53. The van der Waals surface area contributed by atoms with Gasteiger partial charge in [-0.1, -0.05) is 54.6 Å². The molecule has 0 bridgehead atoms. The maximum absolute atomic E-state index is 2.41. The second-order valence-electron chi connectivity index (χ2n) is 5.01. The van der Waals surface area contributed by atoms with Crippen molar-refractivity contribution in [3.63, 3.8) is 0 Å². The summed E-state index contributed by atoms with van der Waals surface area (Å²) in [4.78, 5) is 0. The summed E-state index contributed by atoms with van der Waals surface area (Å²) in [5.41, 5.74) is 0. The number of rotatable bonds is 3. The number of benzene rings is 3. The number of halogens is 3. The first kappa shape index (κ1) is 23.3. The summed E-state index contributed by atoms with van der Waals surface area (Å²) in [7, 11) is -1.53. The molecule has 0 nitrogen and oxygen atoms in total. The molecule has 0 saturated carbocycles. The average molecular weight is 661 g/mol. The SMILES string of the molecule is C[P+](c1ccccc1)(c1ccccc1)c1ccccc1.I.I.I. The molecule has 3 rings (SSSR count). The molecule has 0 aromatic heterocycles. The van der Waals surface area contributed by atoms with E-state index in [9.17, 15) is 0 Å². The highest BCUT2D eigenvalue weighted by Gasteiger charge is 2.39. The Kier molecular flexibility index (Phi) is 11.1. The predicted molar refractivity (Wildman–Crippen MR) is 137 cm³/mol. The minimum absolute atomic E-state index is 0. The molecule has 0 heterocycles. The van der Waals surface area contributed by atoms with Gasteiger partial charge < -0.3 is 0 Å². The van der Waals surface area contributed by atoms with Crippen LogP contribution in [-0.2, 0) is 0 Å². The second kappa shape index (κ2) is 11.0. The molecule has 0 aliphatic heterocycles. The summed E-state index contributed by atoms with van der Waals surface area (Å²) < 4.78 is 0.